The van der Waals surface area contributed by atoms with Crippen LogP contribution in [0.15, 0.2) is 54.7 Å². The van der Waals surface area contributed by atoms with Gasteiger partial charge in [0.1, 0.15) is 11.4 Å². The van der Waals surface area contributed by atoms with Crippen molar-refractivity contribution in [1.82, 2.24) is 14.6 Å². The Balaban J connectivity index is 1.84. The van der Waals surface area contributed by atoms with Gasteiger partial charge in [-0.3, -0.25) is 0 Å². The van der Waals surface area contributed by atoms with Crippen LogP contribution in [0.3, 0.4) is 0 Å². The van der Waals surface area contributed by atoms with Crippen LogP contribution in [0.2, 0.25) is 5.02 Å². The standard InChI is InChI=1S/C19H14ClN5O/c20-13-9-10(5-6-15(13)26)16-12-7-8-25-18(12)17(23-19(21)24-25)11-3-1-2-4-14(11)22-16/h1-9,16,22,26H,(H2,21,24). The number of hydrogen-bond donors (Lipinski definition) is 3. The molecule has 0 amide bonds. The molecule has 5 rings (SSSR count). The second-order valence-corrected chi connectivity index (χ2v) is 6.62. The number of fused-ring (bicyclic) bond motifs is 2. The zero-order valence-corrected chi connectivity index (χ0v) is 14.3. The number of halogens is 1. The van der Waals surface area contributed by atoms with E-state index in [0.717, 1.165) is 33.6 Å². The first-order chi connectivity index (χ1) is 12.6. The molecule has 0 bridgehead atoms. The summed E-state index contributed by atoms with van der Waals surface area (Å²) in [5.41, 5.74) is 11.4. The molecule has 0 fully saturated rings. The largest absolute Gasteiger partial charge is 0.506 e. The zero-order chi connectivity index (χ0) is 17.8. The highest BCUT2D eigenvalue weighted by Gasteiger charge is 2.27. The van der Waals surface area contributed by atoms with Crippen LogP contribution in [-0.4, -0.2) is 19.7 Å². The molecule has 1 atom stereocenters. The second-order valence-electron chi connectivity index (χ2n) is 6.22. The van der Waals surface area contributed by atoms with Crippen LogP contribution < -0.4 is 11.1 Å². The fraction of sp³-hybridized carbons (Fsp3) is 0.0526. The molecule has 1 aliphatic heterocycles. The third-order valence-corrected chi connectivity index (χ3v) is 4.96. The first-order valence-corrected chi connectivity index (χ1v) is 8.49. The highest BCUT2D eigenvalue weighted by Crippen LogP contribution is 2.42. The van der Waals surface area contributed by atoms with Crippen LogP contribution in [0.1, 0.15) is 17.2 Å². The van der Waals surface area contributed by atoms with Gasteiger partial charge in [-0.15, -0.1) is 5.10 Å². The van der Waals surface area contributed by atoms with Crippen molar-refractivity contribution in [2.75, 3.05) is 11.1 Å². The molecule has 1 unspecified atom stereocenters. The van der Waals surface area contributed by atoms with Gasteiger partial charge < -0.3 is 16.2 Å². The molecule has 2 aromatic carbocycles. The van der Waals surface area contributed by atoms with Crippen molar-refractivity contribution >= 4 is 28.8 Å². The lowest BCUT2D eigenvalue weighted by Gasteiger charge is -2.19. The molecule has 3 heterocycles. The molecule has 7 heteroatoms. The number of nitrogens with zero attached hydrogens (tertiary/aromatic N) is 3. The Bertz CT molecular complexity index is 1170. The molecule has 26 heavy (non-hydrogen) atoms. The maximum absolute atomic E-state index is 9.77. The molecular weight excluding hydrogens is 350 g/mol. The minimum Gasteiger partial charge on any atom is -0.506 e. The lowest BCUT2D eigenvalue weighted by Crippen LogP contribution is -2.11. The van der Waals surface area contributed by atoms with Crippen LogP contribution in [0.25, 0.3) is 16.8 Å². The van der Waals surface area contributed by atoms with E-state index in [9.17, 15) is 5.11 Å². The number of para-hydroxylation sites is 1. The van der Waals surface area contributed by atoms with E-state index in [2.05, 4.69) is 15.4 Å². The first-order valence-electron chi connectivity index (χ1n) is 8.11. The average Bonchev–Trinajstić information content (AvgIpc) is 2.99. The van der Waals surface area contributed by atoms with E-state index in [1.54, 1.807) is 16.6 Å². The summed E-state index contributed by atoms with van der Waals surface area (Å²) < 4.78 is 1.76. The number of rotatable bonds is 1. The summed E-state index contributed by atoms with van der Waals surface area (Å²) in [5.74, 6) is 0.276. The quantitative estimate of drug-likeness (QED) is 0.478. The summed E-state index contributed by atoms with van der Waals surface area (Å²) in [4.78, 5) is 4.51. The van der Waals surface area contributed by atoms with Gasteiger partial charge in [0.25, 0.3) is 0 Å². The molecule has 4 aromatic rings. The van der Waals surface area contributed by atoms with Crippen LogP contribution in [0, 0.1) is 0 Å². The van der Waals surface area contributed by atoms with Gasteiger partial charge in [0.15, 0.2) is 0 Å². The molecule has 0 spiro atoms. The van der Waals surface area contributed by atoms with Gasteiger partial charge in [0.05, 0.1) is 16.6 Å². The monoisotopic (exact) mass is 363 g/mol. The summed E-state index contributed by atoms with van der Waals surface area (Å²) in [7, 11) is 0. The van der Waals surface area contributed by atoms with Crippen molar-refractivity contribution in [3.05, 3.63) is 70.9 Å². The van der Waals surface area contributed by atoms with Crippen LogP contribution in [-0.2, 0) is 0 Å². The fourth-order valence-electron chi connectivity index (χ4n) is 3.50. The highest BCUT2D eigenvalue weighted by molar-refractivity contribution is 6.32. The van der Waals surface area contributed by atoms with E-state index < -0.39 is 0 Å². The lowest BCUT2D eigenvalue weighted by molar-refractivity contribution is 0.475. The van der Waals surface area contributed by atoms with E-state index in [-0.39, 0.29) is 17.7 Å². The first kappa shape index (κ1) is 15.0. The normalized spacial score (nSPS) is 15.3. The van der Waals surface area contributed by atoms with Crippen LogP contribution >= 0.6 is 11.6 Å². The third-order valence-electron chi connectivity index (χ3n) is 4.66. The Morgan fingerprint density at radius 2 is 2.00 bits per heavy atom. The average molecular weight is 364 g/mol. The van der Waals surface area contributed by atoms with E-state index in [1.165, 1.54) is 0 Å². The smallest absolute Gasteiger partial charge is 0.238 e. The summed E-state index contributed by atoms with van der Waals surface area (Å²) in [6.45, 7) is 0. The van der Waals surface area contributed by atoms with Crippen LogP contribution in [0.4, 0.5) is 11.6 Å². The van der Waals surface area contributed by atoms with Gasteiger partial charge >= 0.3 is 0 Å². The molecule has 1 aliphatic rings. The number of nitrogens with two attached hydrogens (primary N) is 1. The maximum atomic E-state index is 9.77. The van der Waals surface area contributed by atoms with Gasteiger partial charge in [-0.25, -0.2) is 9.50 Å². The molecule has 0 saturated carbocycles. The number of aromatic hydroxyl groups is 1. The van der Waals surface area contributed by atoms with Gasteiger partial charge in [0.2, 0.25) is 5.95 Å². The van der Waals surface area contributed by atoms with Crippen LogP contribution in [0.5, 0.6) is 5.75 Å². The Morgan fingerprint density at radius 1 is 1.15 bits per heavy atom. The van der Waals surface area contributed by atoms with E-state index >= 15 is 0 Å². The molecular formula is C19H14ClN5O. The third kappa shape index (κ3) is 2.12. The SMILES string of the molecule is Nc1nc2c3c(ccn3n1)C(c1ccc(O)c(Cl)c1)Nc1ccccc1-2. The number of aromatic nitrogens is 3. The lowest BCUT2D eigenvalue weighted by atomic mass is 9.99. The van der Waals surface area contributed by atoms with E-state index in [1.807, 2.05) is 42.6 Å². The topological polar surface area (TPSA) is 88.5 Å². The van der Waals surface area contributed by atoms with Gasteiger partial charge in [-0.2, -0.15) is 0 Å². The number of nitrogens with one attached hydrogen (secondary N) is 1. The molecule has 0 radical (unpaired) electrons. The Labute approximate surface area is 153 Å². The second kappa shape index (κ2) is 5.37. The molecule has 6 nitrogen and oxygen atoms in total. The summed E-state index contributed by atoms with van der Waals surface area (Å²) in [5, 5.41) is 18.0. The molecule has 2 aromatic heterocycles. The van der Waals surface area contributed by atoms with Gasteiger partial charge in [-0.1, -0.05) is 35.9 Å². The number of benzene rings is 2. The minimum atomic E-state index is -0.173. The van der Waals surface area contributed by atoms with Crippen molar-refractivity contribution in [1.29, 1.82) is 0 Å². The number of phenolic OH excluding ortho intramolecular Hbond substituents is 1. The maximum Gasteiger partial charge on any atom is 0.238 e. The Kier molecular flexibility index (Phi) is 3.11. The minimum absolute atomic E-state index is 0.0583. The van der Waals surface area contributed by atoms with Crippen molar-refractivity contribution in [2.24, 2.45) is 0 Å². The number of nitrogen functional groups attached to an aromatic ring is 1. The Hall–Kier alpha value is -3.25. The molecule has 128 valence electrons. The predicted octanol–water partition coefficient (Wildman–Crippen LogP) is 3.85. The van der Waals surface area contributed by atoms with E-state index in [4.69, 9.17) is 17.3 Å². The van der Waals surface area contributed by atoms with Crippen molar-refractivity contribution in [3.63, 3.8) is 0 Å². The summed E-state index contributed by atoms with van der Waals surface area (Å²) >= 11 is 6.15. The number of anilines is 2. The molecule has 4 N–H and O–H groups in total. The summed E-state index contributed by atoms with van der Waals surface area (Å²) in [6.07, 6.45) is 1.87. The number of phenols is 1. The molecule has 0 aliphatic carbocycles. The zero-order valence-electron chi connectivity index (χ0n) is 13.5. The predicted molar refractivity (Wildman–Crippen MR) is 101 cm³/mol. The highest BCUT2D eigenvalue weighted by atomic mass is 35.5. The molecule has 0 saturated heterocycles. The number of hydrogen-bond acceptors (Lipinski definition) is 5. The van der Waals surface area contributed by atoms with Crippen molar-refractivity contribution in [3.8, 4) is 17.0 Å². The van der Waals surface area contributed by atoms with Gasteiger partial charge in [0, 0.05) is 23.0 Å². The van der Waals surface area contributed by atoms with Gasteiger partial charge in [-0.05, 0) is 29.8 Å². The Morgan fingerprint density at radius 3 is 2.85 bits per heavy atom. The van der Waals surface area contributed by atoms with E-state index in [0.29, 0.717) is 5.02 Å². The fourth-order valence-corrected chi connectivity index (χ4v) is 3.69. The summed E-state index contributed by atoms with van der Waals surface area (Å²) in [6, 6.07) is 15.0. The van der Waals surface area contributed by atoms with Crippen molar-refractivity contribution < 1.29 is 5.11 Å². The van der Waals surface area contributed by atoms with Crippen molar-refractivity contribution in [2.45, 2.75) is 6.04 Å².